The Kier molecular flexibility index (Phi) is 8.30. The summed E-state index contributed by atoms with van der Waals surface area (Å²) in [5.74, 6) is -3.66. The van der Waals surface area contributed by atoms with Crippen molar-refractivity contribution in [1.82, 2.24) is 9.91 Å². The van der Waals surface area contributed by atoms with Crippen LogP contribution in [0.25, 0.3) is 0 Å². The van der Waals surface area contributed by atoms with Gasteiger partial charge in [0.05, 0.1) is 42.0 Å². The molecular formula is C42H39N3O6. The Hall–Kier alpha value is -5.54. The number of allylic oxidation sites excluding steroid dienone is 2. The molecule has 51 heavy (non-hydrogen) atoms. The molecule has 6 unspecified atom stereocenters. The molecule has 3 fully saturated rings. The summed E-state index contributed by atoms with van der Waals surface area (Å²) in [6, 6.07) is 33.9. The van der Waals surface area contributed by atoms with Crippen LogP contribution in [0.1, 0.15) is 41.0 Å². The summed E-state index contributed by atoms with van der Waals surface area (Å²) in [6.07, 6.45) is 2.67. The van der Waals surface area contributed by atoms with Crippen molar-refractivity contribution in [3.63, 3.8) is 0 Å². The first-order valence-corrected chi connectivity index (χ1v) is 17.5. The molecule has 4 aromatic rings. The lowest BCUT2D eigenvalue weighted by Gasteiger charge is -2.50. The summed E-state index contributed by atoms with van der Waals surface area (Å²) >= 11 is 0. The summed E-state index contributed by atoms with van der Waals surface area (Å²) in [7, 11) is 0. The van der Waals surface area contributed by atoms with Crippen molar-refractivity contribution in [3.8, 4) is 5.75 Å². The zero-order valence-electron chi connectivity index (χ0n) is 28.3. The molecule has 4 amide bonds. The number of ether oxygens (including phenoxy) is 1. The molecule has 4 aromatic carbocycles. The second-order valence-electron chi connectivity index (χ2n) is 14.0. The third kappa shape index (κ3) is 5.26. The number of nitrogens with zero attached hydrogens (tertiary/aromatic N) is 2. The van der Waals surface area contributed by atoms with Gasteiger partial charge < -0.3 is 9.84 Å². The van der Waals surface area contributed by atoms with E-state index in [1.54, 1.807) is 0 Å². The molecule has 6 atom stereocenters. The minimum absolute atomic E-state index is 0.130. The van der Waals surface area contributed by atoms with Crippen LogP contribution in [0.4, 0.5) is 5.69 Å². The predicted molar refractivity (Wildman–Crippen MR) is 190 cm³/mol. The molecule has 0 spiro atoms. The molecular weight excluding hydrogens is 642 g/mol. The molecule has 9 heteroatoms. The van der Waals surface area contributed by atoms with Crippen molar-refractivity contribution in [2.75, 3.05) is 18.6 Å². The fraction of sp³-hybridized carbons (Fsp3) is 0.286. The minimum Gasteiger partial charge on any atom is -0.491 e. The second-order valence-corrected chi connectivity index (χ2v) is 14.0. The SMILES string of the molecule is Cc1ccc(NN2C(=O)C3CC4C(=CCC5C(=O)N(Cc6ccccc6)C(=O)C54)C(c4ccc(OCCO)cc4)C3(c3ccccc3)C2=O)cc1. The van der Waals surface area contributed by atoms with Crippen LogP contribution in [0, 0.1) is 30.6 Å². The average Bonchev–Trinajstić information content (AvgIpc) is 3.53. The highest BCUT2D eigenvalue weighted by Crippen LogP contribution is 2.64. The van der Waals surface area contributed by atoms with E-state index >= 15 is 4.79 Å². The van der Waals surface area contributed by atoms with Gasteiger partial charge in [-0.15, -0.1) is 0 Å². The number of anilines is 1. The van der Waals surface area contributed by atoms with E-state index in [9.17, 15) is 19.5 Å². The van der Waals surface area contributed by atoms with E-state index in [0.717, 1.165) is 22.3 Å². The van der Waals surface area contributed by atoms with Crippen LogP contribution in [0.3, 0.4) is 0 Å². The number of aliphatic hydroxyl groups excluding tert-OH is 1. The van der Waals surface area contributed by atoms with Gasteiger partial charge in [-0.25, -0.2) is 0 Å². The highest BCUT2D eigenvalue weighted by Gasteiger charge is 2.70. The molecule has 0 aromatic heterocycles. The van der Waals surface area contributed by atoms with Crippen molar-refractivity contribution >= 4 is 29.3 Å². The van der Waals surface area contributed by atoms with Crippen molar-refractivity contribution < 1.29 is 29.0 Å². The van der Waals surface area contributed by atoms with E-state index in [-0.39, 0.29) is 49.8 Å². The molecule has 8 rings (SSSR count). The topological polar surface area (TPSA) is 116 Å². The Morgan fingerprint density at radius 3 is 2.18 bits per heavy atom. The van der Waals surface area contributed by atoms with Crippen LogP contribution >= 0.6 is 0 Å². The number of benzene rings is 4. The normalized spacial score (nSPS) is 26.8. The van der Waals surface area contributed by atoms with Gasteiger partial charge in [0.25, 0.3) is 11.8 Å². The lowest BCUT2D eigenvalue weighted by atomic mass is 9.49. The lowest BCUT2D eigenvalue weighted by molar-refractivity contribution is -0.142. The Balaban J connectivity index is 1.27. The quantitative estimate of drug-likeness (QED) is 0.176. The summed E-state index contributed by atoms with van der Waals surface area (Å²) in [4.78, 5) is 59.7. The molecule has 2 aliphatic carbocycles. The number of hydrogen-bond donors (Lipinski definition) is 2. The van der Waals surface area contributed by atoms with Gasteiger partial charge in [-0.05, 0) is 66.6 Å². The van der Waals surface area contributed by atoms with E-state index < -0.39 is 35.0 Å². The molecule has 2 saturated heterocycles. The first kappa shape index (κ1) is 32.7. The maximum absolute atomic E-state index is 15.2. The maximum Gasteiger partial charge on any atom is 0.260 e. The number of carbonyl (C=O) groups is 4. The summed E-state index contributed by atoms with van der Waals surface area (Å²) in [5.41, 5.74) is 6.74. The number of aryl methyl sites for hydroxylation is 1. The molecule has 0 bridgehead atoms. The van der Waals surface area contributed by atoms with Gasteiger partial charge in [-0.1, -0.05) is 102 Å². The Morgan fingerprint density at radius 1 is 0.804 bits per heavy atom. The Morgan fingerprint density at radius 2 is 1.49 bits per heavy atom. The number of hydrazine groups is 1. The van der Waals surface area contributed by atoms with E-state index in [1.807, 2.05) is 116 Å². The number of hydrogen-bond acceptors (Lipinski definition) is 7. The predicted octanol–water partition coefficient (Wildman–Crippen LogP) is 5.55. The first-order valence-electron chi connectivity index (χ1n) is 17.5. The van der Waals surface area contributed by atoms with Crippen molar-refractivity contribution in [1.29, 1.82) is 0 Å². The highest BCUT2D eigenvalue weighted by molar-refractivity contribution is 6.13. The molecule has 1 saturated carbocycles. The number of likely N-dealkylation sites (tertiary alicyclic amines) is 1. The van der Waals surface area contributed by atoms with Gasteiger partial charge in [0.1, 0.15) is 12.4 Å². The molecule has 0 radical (unpaired) electrons. The Labute approximate surface area is 296 Å². The van der Waals surface area contributed by atoms with E-state index in [1.165, 1.54) is 9.91 Å². The highest BCUT2D eigenvalue weighted by atomic mass is 16.5. The monoisotopic (exact) mass is 681 g/mol. The van der Waals surface area contributed by atoms with Gasteiger partial charge in [-0.2, -0.15) is 5.01 Å². The summed E-state index contributed by atoms with van der Waals surface area (Å²) in [6.45, 7) is 2.17. The first-order chi connectivity index (χ1) is 24.8. The van der Waals surface area contributed by atoms with E-state index in [4.69, 9.17) is 4.74 Å². The number of aliphatic hydroxyl groups is 1. The largest absolute Gasteiger partial charge is 0.491 e. The zero-order valence-corrected chi connectivity index (χ0v) is 28.3. The van der Waals surface area contributed by atoms with Gasteiger partial charge in [0.2, 0.25) is 11.8 Å². The molecule has 2 heterocycles. The van der Waals surface area contributed by atoms with E-state index in [0.29, 0.717) is 23.4 Å². The number of nitrogens with one attached hydrogen (secondary N) is 1. The van der Waals surface area contributed by atoms with Gasteiger partial charge in [0.15, 0.2) is 0 Å². The number of carbonyl (C=O) groups excluding carboxylic acids is 4. The molecule has 4 aliphatic rings. The molecule has 2 aliphatic heterocycles. The van der Waals surface area contributed by atoms with Crippen LogP contribution in [-0.2, 0) is 31.1 Å². The average molecular weight is 682 g/mol. The van der Waals surface area contributed by atoms with Crippen LogP contribution in [0.5, 0.6) is 5.75 Å². The van der Waals surface area contributed by atoms with Crippen LogP contribution in [0.15, 0.2) is 121 Å². The smallest absolute Gasteiger partial charge is 0.260 e. The summed E-state index contributed by atoms with van der Waals surface area (Å²) in [5, 5.41) is 10.5. The van der Waals surface area contributed by atoms with Crippen molar-refractivity contribution in [2.24, 2.45) is 23.7 Å². The molecule has 2 N–H and O–H groups in total. The van der Waals surface area contributed by atoms with Gasteiger partial charge >= 0.3 is 0 Å². The summed E-state index contributed by atoms with van der Waals surface area (Å²) < 4.78 is 5.68. The molecule has 258 valence electrons. The molecule has 9 nitrogen and oxygen atoms in total. The lowest BCUT2D eigenvalue weighted by Crippen LogP contribution is -2.53. The third-order valence-electron chi connectivity index (χ3n) is 11.2. The van der Waals surface area contributed by atoms with E-state index in [2.05, 4.69) is 11.5 Å². The van der Waals surface area contributed by atoms with Crippen LogP contribution in [-0.4, -0.2) is 51.9 Å². The number of imide groups is 2. The standard InChI is InChI=1S/C42H39N3O6/c1-26-12-16-30(17-13-26)43-45-39(48)35-24-34-32(20-21-33-36(34)40(49)44(38(33)47)25-27-8-4-2-5-9-27)37(28-14-18-31(19-15-28)51-23-22-46)42(35,41(45)50)29-10-6-3-7-11-29/h2-20,33-37,43,46H,21-25H2,1H3. The zero-order chi connectivity index (χ0) is 35.3. The number of rotatable bonds is 9. The van der Waals surface area contributed by atoms with Crippen molar-refractivity contribution in [3.05, 3.63) is 143 Å². The second kappa shape index (κ2) is 13.0. The maximum atomic E-state index is 15.2. The van der Waals surface area contributed by atoms with Crippen molar-refractivity contribution in [2.45, 2.75) is 37.6 Å². The fourth-order valence-corrected chi connectivity index (χ4v) is 9.03. The third-order valence-corrected chi connectivity index (χ3v) is 11.2. The number of amides is 4. The van der Waals surface area contributed by atoms with Crippen LogP contribution < -0.4 is 10.2 Å². The fourth-order valence-electron chi connectivity index (χ4n) is 9.03. The Bertz CT molecular complexity index is 2010. The minimum atomic E-state index is -1.34. The van der Waals surface area contributed by atoms with Gasteiger partial charge in [-0.3, -0.25) is 29.5 Å². The number of fused-ring (bicyclic) bond motifs is 4. The van der Waals surface area contributed by atoms with Gasteiger partial charge in [0, 0.05) is 5.92 Å². The van der Waals surface area contributed by atoms with Crippen LogP contribution in [0.2, 0.25) is 0 Å².